The lowest BCUT2D eigenvalue weighted by atomic mass is 9.88. The van der Waals surface area contributed by atoms with E-state index in [2.05, 4.69) is 217 Å². The van der Waals surface area contributed by atoms with Crippen LogP contribution in [0.1, 0.15) is 0 Å². The second-order valence-electron chi connectivity index (χ2n) is 13.7. The van der Waals surface area contributed by atoms with Crippen LogP contribution in [-0.4, -0.2) is 0 Å². The molecule has 0 atom stereocenters. The van der Waals surface area contributed by atoms with E-state index in [1.54, 1.807) is 0 Å². The maximum Gasteiger partial charge on any atom is 0.0640 e. The van der Waals surface area contributed by atoms with Gasteiger partial charge in [0.25, 0.3) is 0 Å². The highest BCUT2D eigenvalue weighted by Crippen LogP contribution is 2.49. The van der Waals surface area contributed by atoms with E-state index in [0.717, 1.165) is 11.4 Å². The van der Waals surface area contributed by atoms with Crippen LogP contribution >= 0.6 is 11.3 Å². The Morgan fingerprint density at radius 3 is 1.67 bits per heavy atom. The summed E-state index contributed by atoms with van der Waals surface area (Å²) in [6.45, 7) is 0. The Morgan fingerprint density at radius 2 is 0.870 bits per heavy atom. The van der Waals surface area contributed by atoms with Gasteiger partial charge in [0.1, 0.15) is 0 Å². The zero-order chi connectivity index (χ0) is 35.8. The minimum Gasteiger partial charge on any atom is -0.308 e. The lowest BCUT2D eigenvalue weighted by Gasteiger charge is -2.29. The highest BCUT2D eigenvalue weighted by atomic mass is 32.1. The Kier molecular flexibility index (Phi) is 8.09. The summed E-state index contributed by atoms with van der Waals surface area (Å²) in [6, 6.07) is 77.2. The van der Waals surface area contributed by atoms with Crippen LogP contribution in [0.15, 0.2) is 212 Å². The van der Waals surface area contributed by atoms with E-state index >= 15 is 0 Å². The minimum atomic E-state index is 1.11. The van der Waals surface area contributed by atoms with Crippen molar-refractivity contribution in [3.8, 4) is 44.5 Å². The molecule has 0 unspecified atom stereocenters. The molecule has 1 aromatic heterocycles. The average molecular weight is 706 g/mol. The molecule has 1 nitrogen and oxygen atoms in total. The lowest BCUT2D eigenvalue weighted by Crippen LogP contribution is -2.11. The molecule has 10 rings (SSSR count). The third kappa shape index (κ3) is 5.65. The largest absolute Gasteiger partial charge is 0.308 e. The molecule has 0 radical (unpaired) electrons. The van der Waals surface area contributed by atoms with Crippen LogP contribution in [0.25, 0.3) is 75.5 Å². The van der Waals surface area contributed by atoms with Crippen LogP contribution in [0.2, 0.25) is 0 Å². The molecular formula is C52H35NS. The van der Waals surface area contributed by atoms with Gasteiger partial charge in [0.15, 0.2) is 0 Å². The van der Waals surface area contributed by atoms with E-state index < -0.39 is 0 Å². The van der Waals surface area contributed by atoms with Gasteiger partial charge in [-0.25, -0.2) is 0 Å². The van der Waals surface area contributed by atoms with Gasteiger partial charge < -0.3 is 4.90 Å². The maximum absolute atomic E-state index is 2.47. The first kappa shape index (κ1) is 32.0. The summed E-state index contributed by atoms with van der Waals surface area (Å²) in [5.74, 6) is 0. The van der Waals surface area contributed by atoms with Crippen molar-refractivity contribution in [2.75, 3.05) is 4.90 Å². The SMILES string of the molecule is c1ccc(-c2ccccc2-c2ccccc2-c2ccccc2N(c2ccc(-c3ccc4ccccc4c3)cc2)c2cccc3c2sc2ccccc23)cc1. The molecule has 2 heteroatoms. The second kappa shape index (κ2) is 13.7. The first-order valence-corrected chi connectivity index (χ1v) is 19.2. The van der Waals surface area contributed by atoms with Crippen LogP contribution < -0.4 is 4.90 Å². The topological polar surface area (TPSA) is 3.24 Å². The van der Waals surface area contributed by atoms with E-state index in [9.17, 15) is 0 Å². The molecule has 0 aliphatic carbocycles. The van der Waals surface area contributed by atoms with Gasteiger partial charge in [0.2, 0.25) is 0 Å². The van der Waals surface area contributed by atoms with Gasteiger partial charge in [0.05, 0.1) is 16.1 Å². The van der Waals surface area contributed by atoms with Gasteiger partial charge in [-0.3, -0.25) is 0 Å². The van der Waals surface area contributed by atoms with Crippen molar-refractivity contribution < 1.29 is 0 Å². The fourth-order valence-electron chi connectivity index (χ4n) is 7.92. The molecule has 54 heavy (non-hydrogen) atoms. The van der Waals surface area contributed by atoms with Crippen molar-refractivity contribution in [3.05, 3.63) is 212 Å². The zero-order valence-corrected chi connectivity index (χ0v) is 30.4. The van der Waals surface area contributed by atoms with Gasteiger partial charge >= 0.3 is 0 Å². The monoisotopic (exact) mass is 705 g/mol. The number of fused-ring (bicyclic) bond motifs is 4. The van der Waals surface area contributed by atoms with Gasteiger partial charge in [0, 0.05) is 26.7 Å². The fourth-order valence-corrected chi connectivity index (χ4v) is 9.13. The second-order valence-corrected chi connectivity index (χ2v) is 14.7. The number of rotatable bonds is 7. The van der Waals surface area contributed by atoms with E-state index in [-0.39, 0.29) is 0 Å². The number of nitrogens with zero attached hydrogens (tertiary/aromatic N) is 1. The molecule has 0 aliphatic heterocycles. The number of hydrogen-bond acceptors (Lipinski definition) is 2. The zero-order valence-electron chi connectivity index (χ0n) is 29.6. The van der Waals surface area contributed by atoms with Crippen LogP contribution in [-0.2, 0) is 0 Å². The molecule has 10 aromatic rings. The molecule has 254 valence electrons. The van der Waals surface area contributed by atoms with Crippen molar-refractivity contribution in [2.45, 2.75) is 0 Å². The molecule has 0 N–H and O–H groups in total. The quantitative estimate of drug-likeness (QED) is 0.160. The number of anilines is 3. The summed E-state index contributed by atoms with van der Waals surface area (Å²) in [4.78, 5) is 2.47. The summed E-state index contributed by atoms with van der Waals surface area (Å²) in [7, 11) is 0. The van der Waals surface area contributed by atoms with Crippen molar-refractivity contribution in [2.24, 2.45) is 0 Å². The van der Waals surface area contributed by atoms with E-state index in [4.69, 9.17) is 0 Å². The highest BCUT2D eigenvalue weighted by molar-refractivity contribution is 7.26. The van der Waals surface area contributed by atoms with E-state index in [0.29, 0.717) is 0 Å². The van der Waals surface area contributed by atoms with Crippen LogP contribution in [0.4, 0.5) is 17.1 Å². The number of para-hydroxylation sites is 1. The molecular weight excluding hydrogens is 671 g/mol. The van der Waals surface area contributed by atoms with E-state index in [1.165, 1.54) is 81.1 Å². The normalized spacial score (nSPS) is 11.3. The van der Waals surface area contributed by atoms with Crippen LogP contribution in [0.5, 0.6) is 0 Å². The van der Waals surface area contributed by atoms with E-state index in [1.807, 2.05) is 11.3 Å². The molecule has 0 bridgehead atoms. The summed E-state index contributed by atoms with van der Waals surface area (Å²) in [5.41, 5.74) is 13.0. The molecule has 0 fully saturated rings. The van der Waals surface area contributed by atoms with Crippen molar-refractivity contribution in [1.82, 2.24) is 0 Å². The highest BCUT2D eigenvalue weighted by Gasteiger charge is 2.22. The Morgan fingerprint density at radius 1 is 0.315 bits per heavy atom. The number of hydrogen-bond donors (Lipinski definition) is 0. The standard InChI is InChI=1S/C52H35NS/c1-2-16-38(17-3-1)42-19-6-7-20-43(42)44-21-8-9-22-45(44)46-23-10-12-26-49(46)53(50-27-14-25-48-47-24-11-13-28-51(47)54-52(48)50)41-33-31-37(32-34-41)40-30-29-36-15-4-5-18-39(36)35-40/h1-35H. The van der Waals surface area contributed by atoms with Gasteiger partial charge in [-0.15, -0.1) is 11.3 Å². The molecule has 0 saturated heterocycles. The fraction of sp³-hybridized carbons (Fsp3) is 0. The van der Waals surface area contributed by atoms with Gasteiger partial charge in [-0.1, -0.05) is 176 Å². The van der Waals surface area contributed by atoms with Crippen molar-refractivity contribution >= 4 is 59.3 Å². The third-order valence-corrected chi connectivity index (χ3v) is 11.7. The molecule has 0 amide bonds. The minimum absolute atomic E-state index is 1.11. The lowest BCUT2D eigenvalue weighted by molar-refractivity contribution is 1.30. The molecule has 0 saturated carbocycles. The Balaban J connectivity index is 1.18. The summed E-state index contributed by atoms with van der Waals surface area (Å²) in [5, 5.41) is 5.07. The summed E-state index contributed by atoms with van der Waals surface area (Å²) >= 11 is 1.87. The number of thiophene rings is 1. The Hall–Kier alpha value is -6.74. The third-order valence-electron chi connectivity index (χ3n) is 10.5. The Bertz CT molecular complexity index is 2940. The average Bonchev–Trinajstić information content (AvgIpc) is 3.64. The summed E-state index contributed by atoms with van der Waals surface area (Å²) < 4.78 is 2.57. The number of benzene rings is 9. The first-order valence-electron chi connectivity index (χ1n) is 18.4. The predicted octanol–water partition coefficient (Wildman–Crippen LogP) is 15.3. The smallest absolute Gasteiger partial charge is 0.0640 e. The first-order chi connectivity index (χ1) is 26.8. The van der Waals surface area contributed by atoms with Crippen LogP contribution in [0.3, 0.4) is 0 Å². The Labute approximate surface area is 319 Å². The molecule has 0 aliphatic rings. The van der Waals surface area contributed by atoms with Crippen molar-refractivity contribution in [1.29, 1.82) is 0 Å². The van der Waals surface area contributed by atoms with Gasteiger partial charge in [-0.2, -0.15) is 0 Å². The van der Waals surface area contributed by atoms with Crippen LogP contribution in [0, 0.1) is 0 Å². The maximum atomic E-state index is 2.47. The molecule has 9 aromatic carbocycles. The van der Waals surface area contributed by atoms with Crippen molar-refractivity contribution in [3.63, 3.8) is 0 Å². The predicted molar refractivity (Wildman–Crippen MR) is 233 cm³/mol. The molecule has 0 spiro atoms. The van der Waals surface area contributed by atoms with Gasteiger partial charge in [-0.05, 0) is 86.1 Å². The summed E-state index contributed by atoms with van der Waals surface area (Å²) in [6.07, 6.45) is 0. The molecule has 1 heterocycles.